The summed E-state index contributed by atoms with van der Waals surface area (Å²) in [7, 11) is 1.66. The minimum absolute atomic E-state index is 0.245. The van der Waals surface area contributed by atoms with Crippen molar-refractivity contribution >= 4 is 32.6 Å². The molecule has 4 rings (SSSR count). The Bertz CT molecular complexity index is 1120. The molecule has 1 amide bonds. The average Bonchev–Trinajstić information content (AvgIpc) is 3.10. The van der Waals surface area contributed by atoms with Crippen LogP contribution in [0.5, 0.6) is 5.75 Å². The Morgan fingerprint density at radius 2 is 1.86 bits per heavy atom. The van der Waals surface area contributed by atoms with Crippen LogP contribution in [0.15, 0.2) is 60.8 Å². The van der Waals surface area contributed by atoms with Gasteiger partial charge in [0, 0.05) is 0 Å². The second kappa shape index (κ2) is 8.24. The zero-order valence-electron chi connectivity index (χ0n) is 15.3. The van der Waals surface area contributed by atoms with Crippen molar-refractivity contribution < 1.29 is 30.7 Å². The Morgan fingerprint density at radius 1 is 1.07 bits per heavy atom. The molecule has 142 valence electrons. The second-order valence-electron chi connectivity index (χ2n) is 6.06. The zero-order chi connectivity index (χ0) is 19.5. The number of thiazole rings is 1. The fourth-order valence-corrected chi connectivity index (χ4v) is 5.61. The first-order valence-corrected chi connectivity index (χ1v) is 11.5. The van der Waals surface area contributed by atoms with E-state index in [1.54, 1.807) is 19.4 Å². The van der Waals surface area contributed by atoms with Crippen molar-refractivity contribution in [3.63, 3.8) is 0 Å². The molecule has 0 bridgehead atoms. The zero-order valence-corrected chi connectivity index (χ0v) is 18.2. The van der Waals surface area contributed by atoms with Crippen molar-refractivity contribution in [3.05, 3.63) is 79.2 Å². The molecule has 1 N–H and O–H groups in total. The molecule has 0 fully saturated rings. The number of aromatic nitrogens is 2. The number of benzene rings is 2. The van der Waals surface area contributed by atoms with Crippen molar-refractivity contribution in [3.8, 4) is 5.75 Å². The van der Waals surface area contributed by atoms with Crippen LogP contribution in [0.4, 0.5) is 5.13 Å². The van der Waals surface area contributed by atoms with Gasteiger partial charge in [-0.25, -0.2) is 0 Å². The number of carbonyl (C=O) groups excluding carboxylic acids is 1. The van der Waals surface area contributed by atoms with Crippen LogP contribution in [0.1, 0.15) is 16.1 Å². The Labute approximate surface area is 177 Å². The van der Waals surface area contributed by atoms with E-state index in [2.05, 4.69) is 33.5 Å². The number of pyridine rings is 1. The Morgan fingerprint density at radius 3 is 2.57 bits per heavy atom. The van der Waals surface area contributed by atoms with E-state index in [0.29, 0.717) is 10.8 Å². The number of nitrogens with one attached hydrogen (secondary N) is 1. The van der Waals surface area contributed by atoms with Crippen molar-refractivity contribution in [1.82, 2.24) is 9.97 Å². The summed E-state index contributed by atoms with van der Waals surface area (Å²) in [4.78, 5) is 21.3. The van der Waals surface area contributed by atoms with Gasteiger partial charge >= 0.3 is 178 Å². The molecule has 7 heteroatoms. The number of amides is 1. The SMILES string of the molecule is COc1ccc([I-]c2ccc(C(=O)Nc3nc4ccc(C)cc4s3)nc2)cc1. The molecule has 0 unspecified atom stereocenters. The van der Waals surface area contributed by atoms with Gasteiger partial charge in [0.25, 0.3) is 0 Å². The molecule has 0 saturated carbocycles. The molecule has 0 aliphatic rings. The number of methoxy groups -OCH3 is 1. The summed E-state index contributed by atoms with van der Waals surface area (Å²) < 4.78 is 8.66. The van der Waals surface area contributed by atoms with Gasteiger partial charge in [-0.05, 0) is 0 Å². The molecule has 0 spiro atoms. The van der Waals surface area contributed by atoms with Crippen molar-refractivity contribution in [2.45, 2.75) is 6.92 Å². The minimum atomic E-state index is -0.349. The normalized spacial score (nSPS) is 10.9. The topological polar surface area (TPSA) is 64.1 Å². The predicted molar refractivity (Wildman–Crippen MR) is 107 cm³/mol. The van der Waals surface area contributed by atoms with E-state index in [1.807, 2.05) is 37.3 Å². The summed E-state index contributed by atoms with van der Waals surface area (Å²) in [5.74, 6) is 0.605. The molecule has 5 nitrogen and oxygen atoms in total. The fraction of sp³-hybridized carbons (Fsp3) is 0.0952. The quantitative estimate of drug-likeness (QED) is 0.419. The van der Waals surface area contributed by atoms with E-state index in [-0.39, 0.29) is 27.1 Å². The molecule has 2 aromatic carbocycles. The summed E-state index contributed by atoms with van der Waals surface area (Å²) in [5.41, 5.74) is 2.45. The third-order valence-corrected chi connectivity index (χ3v) is 7.53. The second-order valence-corrected chi connectivity index (χ2v) is 10.1. The molecule has 0 aliphatic heterocycles. The van der Waals surface area contributed by atoms with E-state index in [1.165, 1.54) is 20.5 Å². The summed E-state index contributed by atoms with van der Waals surface area (Å²) in [6.45, 7) is 2.04. The van der Waals surface area contributed by atoms with Crippen molar-refractivity contribution in [2.75, 3.05) is 12.4 Å². The average molecular weight is 502 g/mol. The third kappa shape index (κ3) is 4.31. The van der Waals surface area contributed by atoms with Gasteiger partial charge in [-0.3, -0.25) is 0 Å². The maximum atomic E-state index is 12.5. The van der Waals surface area contributed by atoms with Crippen molar-refractivity contribution in [1.29, 1.82) is 0 Å². The van der Waals surface area contributed by atoms with Crippen molar-refractivity contribution in [2.24, 2.45) is 0 Å². The number of halogens is 1. The number of nitrogens with zero attached hydrogens (tertiary/aromatic N) is 2. The van der Waals surface area contributed by atoms with Crippen LogP contribution in [0.3, 0.4) is 0 Å². The molecule has 0 saturated heterocycles. The van der Waals surface area contributed by atoms with E-state index in [9.17, 15) is 4.79 Å². The number of aryl methyl sites for hydroxylation is 1. The van der Waals surface area contributed by atoms with Gasteiger partial charge in [0.2, 0.25) is 0 Å². The van der Waals surface area contributed by atoms with Crippen LogP contribution in [-0.4, -0.2) is 23.0 Å². The van der Waals surface area contributed by atoms with Crippen LogP contribution in [-0.2, 0) is 0 Å². The number of fused-ring (bicyclic) bond motifs is 1. The maximum absolute atomic E-state index is 12.5. The van der Waals surface area contributed by atoms with Gasteiger partial charge in [0.05, 0.1) is 0 Å². The molecule has 0 radical (unpaired) electrons. The monoisotopic (exact) mass is 502 g/mol. The van der Waals surface area contributed by atoms with Gasteiger partial charge < -0.3 is 0 Å². The van der Waals surface area contributed by atoms with E-state index < -0.39 is 0 Å². The van der Waals surface area contributed by atoms with Gasteiger partial charge in [-0.1, -0.05) is 0 Å². The summed E-state index contributed by atoms with van der Waals surface area (Å²) in [5, 5.41) is 3.44. The van der Waals surface area contributed by atoms with E-state index >= 15 is 0 Å². The van der Waals surface area contributed by atoms with Crippen LogP contribution in [0.2, 0.25) is 0 Å². The number of rotatable bonds is 5. The Hall–Kier alpha value is -2.52. The number of hydrogen-bond donors (Lipinski definition) is 1. The Kier molecular flexibility index (Phi) is 5.54. The molecule has 0 atom stereocenters. The van der Waals surface area contributed by atoms with E-state index in [0.717, 1.165) is 19.5 Å². The molecule has 2 heterocycles. The van der Waals surface area contributed by atoms with E-state index in [4.69, 9.17) is 4.74 Å². The van der Waals surface area contributed by atoms with Gasteiger partial charge in [0.15, 0.2) is 0 Å². The molecular formula is C21H17IN3O2S-. The molecule has 28 heavy (non-hydrogen) atoms. The van der Waals surface area contributed by atoms with Crippen LogP contribution in [0, 0.1) is 14.1 Å². The number of anilines is 1. The third-order valence-electron chi connectivity index (χ3n) is 3.99. The summed E-state index contributed by atoms with van der Waals surface area (Å²) in [6, 6.07) is 17.9. The van der Waals surface area contributed by atoms with Gasteiger partial charge in [-0.15, -0.1) is 0 Å². The molecule has 2 aromatic heterocycles. The molecule has 4 aromatic rings. The summed E-state index contributed by atoms with van der Waals surface area (Å²) in [6.07, 6.45) is 1.79. The molecular weight excluding hydrogens is 485 g/mol. The first-order chi connectivity index (χ1) is 13.6. The van der Waals surface area contributed by atoms with Crippen LogP contribution >= 0.6 is 11.3 Å². The number of carbonyl (C=O) groups is 1. The first-order valence-electron chi connectivity index (χ1n) is 8.54. The summed E-state index contributed by atoms with van der Waals surface area (Å²) >= 11 is 1.12. The van der Waals surface area contributed by atoms with Gasteiger partial charge in [-0.2, -0.15) is 0 Å². The van der Waals surface area contributed by atoms with Gasteiger partial charge in [0.1, 0.15) is 0 Å². The number of ether oxygens (including phenoxy) is 1. The fourth-order valence-electron chi connectivity index (χ4n) is 2.57. The predicted octanol–water partition coefficient (Wildman–Crippen LogP) is 1.39. The van der Waals surface area contributed by atoms with Crippen LogP contribution in [0.25, 0.3) is 10.2 Å². The standard InChI is InChI=1S/C21H17IN3O2S/c1-13-3-9-17-19(11-13)28-21(24-17)25-20(26)18-10-6-15(12-23-18)22-14-4-7-16(27-2)8-5-14/h3-12H,1-2H3,(H,24,25,26)/q-1. The first kappa shape index (κ1) is 18.8. The Balaban J connectivity index is 1.44. The molecule has 0 aliphatic carbocycles. The number of hydrogen-bond acceptors (Lipinski definition) is 5. The van der Waals surface area contributed by atoms with Crippen LogP contribution < -0.4 is 31.3 Å².